The molecule has 208 valence electrons. The van der Waals surface area contributed by atoms with Gasteiger partial charge in [-0.3, -0.25) is 14.4 Å². The standard InChI is InChI=1S/C27H37N3O8/c1-27(2,3)38-26(35)28-14-17(12-18(15-28)25(33)34)24(32)30(19-6-7-19)20-8-9-22-21(13-20)29(10-5-11-36-4)23(31)16-37-22/h8-9,13,17-19H,5-7,10-12,14-16H2,1-4H3,(H,33,34)/t17?,18-/m0/s1. The van der Waals surface area contributed by atoms with Crippen LogP contribution in [0.2, 0.25) is 0 Å². The van der Waals surface area contributed by atoms with E-state index in [1.807, 2.05) is 0 Å². The molecular weight excluding hydrogens is 494 g/mol. The number of anilines is 2. The second kappa shape index (κ2) is 11.2. The van der Waals surface area contributed by atoms with Gasteiger partial charge in [0.25, 0.3) is 5.91 Å². The molecule has 38 heavy (non-hydrogen) atoms. The zero-order chi connectivity index (χ0) is 27.6. The number of methoxy groups -OCH3 is 1. The van der Waals surface area contributed by atoms with E-state index in [9.17, 15) is 24.3 Å². The Morgan fingerprint density at radius 1 is 1.16 bits per heavy atom. The third kappa shape index (κ3) is 6.38. The van der Waals surface area contributed by atoms with Gasteiger partial charge in [0.2, 0.25) is 5.91 Å². The van der Waals surface area contributed by atoms with E-state index in [4.69, 9.17) is 14.2 Å². The van der Waals surface area contributed by atoms with Crippen LogP contribution in [0.3, 0.4) is 0 Å². The van der Waals surface area contributed by atoms with Crippen LogP contribution in [-0.4, -0.2) is 85.5 Å². The van der Waals surface area contributed by atoms with Gasteiger partial charge >= 0.3 is 12.1 Å². The molecule has 0 radical (unpaired) electrons. The number of rotatable bonds is 8. The monoisotopic (exact) mass is 531 g/mol. The average Bonchev–Trinajstić information content (AvgIpc) is 3.69. The highest BCUT2D eigenvalue weighted by atomic mass is 16.6. The lowest BCUT2D eigenvalue weighted by Crippen LogP contribution is -2.52. The van der Waals surface area contributed by atoms with Gasteiger partial charge in [0.15, 0.2) is 6.61 Å². The molecule has 2 aliphatic heterocycles. The topological polar surface area (TPSA) is 126 Å². The molecule has 0 spiro atoms. The van der Waals surface area contributed by atoms with E-state index in [1.54, 1.807) is 55.9 Å². The molecule has 1 saturated heterocycles. The summed E-state index contributed by atoms with van der Waals surface area (Å²) in [6.45, 7) is 6.20. The van der Waals surface area contributed by atoms with Gasteiger partial charge in [0.05, 0.1) is 17.5 Å². The summed E-state index contributed by atoms with van der Waals surface area (Å²) in [7, 11) is 1.61. The molecule has 0 aromatic heterocycles. The summed E-state index contributed by atoms with van der Waals surface area (Å²) >= 11 is 0. The van der Waals surface area contributed by atoms with Gasteiger partial charge in [-0.15, -0.1) is 0 Å². The van der Waals surface area contributed by atoms with Crippen molar-refractivity contribution in [2.24, 2.45) is 11.8 Å². The number of nitrogens with zero attached hydrogens (tertiary/aromatic N) is 3. The van der Waals surface area contributed by atoms with Gasteiger partial charge in [0, 0.05) is 45.1 Å². The van der Waals surface area contributed by atoms with Crippen LogP contribution in [-0.2, 0) is 23.9 Å². The van der Waals surface area contributed by atoms with Crippen molar-refractivity contribution >= 4 is 35.3 Å². The Bertz CT molecular complexity index is 1080. The normalized spacial score (nSPS) is 21.4. The quantitative estimate of drug-likeness (QED) is 0.508. The maximum Gasteiger partial charge on any atom is 0.410 e. The van der Waals surface area contributed by atoms with Gasteiger partial charge in [-0.1, -0.05) is 0 Å². The Morgan fingerprint density at radius 3 is 2.50 bits per heavy atom. The van der Waals surface area contributed by atoms with E-state index in [-0.39, 0.29) is 44.0 Å². The first-order valence-corrected chi connectivity index (χ1v) is 13.1. The Kier molecular flexibility index (Phi) is 8.15. The van der Waals surface area contributed by atoms with Gasteiger partial charge < -0.3 is 34.0 Å². The minimum Gasteiger partial charge on any atom is -0.482 e. The van der Waals surface area contributed by atoms with Crippen LogP contribution < -0.4 is 14.5 Å². The van der Waals surface area contributed by atoms with Gasteiger partial charge in [-0.05, 0) is 64.7 Å². The molecule has 2 heterocycles. The van der Waals surface area contributed by atoms with Crippen molar-refractivity contribution in [3.05, 3.63) is 18.2 Å². The molecule has 0 bridgehead atoms. The van der Waals surface area contributed by atoms with E-state index in [0.29, 0.717) is 36.7 Å². The number of carbonyl (C=O) groups is 4. The van der Waals surface area contributed by atoms with Crippen molar-refractivity contribution < 1.29 is 38.5 Å². The molecule has 1 aromatic carbocycles. The molecule has 2 fully saturated rings. The second-order valence-electron chi connectivity index (χ2n) is 11.1. The minimum absolute atomic E-state index is 0.00775. The smallest absolute Gasteiger partial charge is 0.410 e. The predicted octanol–water partition coefficient (Wildman–Crippen LogP) is 2.90. The van der Waals surface area contributed by atoms with Crippen LogP contribution in [0.5, 0.6) is 5.75 Å². The number of hydrogen-bond donors (Lipinski definition) is 1. The number of benzene rings is 1. The highest BCUT2D eigenvalue weighted by Gasteiger charge is 2.43. The van der Waals surface area contributed by atoms with Crippen molar-refractivity contribution in [2.75, 3.05) is 49.8 Å². The lowest BCUT2D eigenvalue weighted by Gasteiger charge is -2.38. The molecule has 11 nitrogen and oxygen atoms in total. The van der Waals surface area contributed by atoms with Crippen LogP contribution in [0.4, 0.5) is 16.2 Å². The number of piperidine rings is 1. The molecule has 1 saturated carbocycles. The van der Waals surface area contributed by atoms with E-state index in [0.717, 1.165) is 12.8 Å². The van der Waals surface area contributed by atoms with E-state index in [1.165, 1.54) is 4.90 Å². The fourth-order valence-electron chi connectivity index (χ4n) is 4.93. The summed E-state index contributed by atoms with van der Waals surface area (Å²) < 4.78 is 16.2. The van der Waals surface area contributed by atoms with Crippen molar-refractivity contribution in [3.63, 3.8) is 0 Å². The Hall–Kier alpha value is -3.34. The van der Waals surface area contributed by atoms with Crippen molar-refractivity contribution in [1.29, 1.82) is 0 Å². The largest absolute Gasteiger partial charge is 0.482 e. The number of carbonyl (C=O) groups excluding carboxylic acids is 3. The molecule has 3 amide bonds. The lowest BCUT2D eigenvalue weighted by atomic mass is 9.88. The zero-order valence-electron chi connectivity index (χ0n) is 22.5. The summed E-state index contributed by atoms with van der Waals surface area (Å²) in [5.41, 5.74) is 0.466. The molecule has 2 atom stereocenters. The number of amides is 3. The number of likely N-dealkylation sites (tertiary alicyclic amines) is 1. The number of aliphatic carboxylic acids is 1. The van der Waals surface area contributed by atoms with Gasteiger partial charge in [0.1, 0.15) is 11.4 Å². The van der Waals surface area contributed by atoms with E-state index in [2.05, 4.69) is 0 Å². The molecule has 1 aromatic rings. The number of hydrogen-bond acceptors (Lipinski definition) is 7. The molecular formula is C27H37N3O8. The van der Waals surface area contributed by atoms with Gasteiger partial charge in [-0.25, -0.2) is 4.79 Å². The summed E-state index contributed by atoms with van der Waals surface area (Å²) in [6, 6.07) is 5.32. The summed E-state index contributed by atoms with van der Waals surface area (Å²) in [5.74, 6) is -2.47. The molecule has 1 N–H and O–H groups in total. The van der Waals surface area contributed by atoms with Crippen molar-refractivity contribution in [3.8, 4) is 5.75 Å². The van der Waals surface area contributed by atoms with Gasteiger partial charge in [-0.2, -0.15) is 0 Å². The Labute approximate surface area is 222 Å². The zero-order valence-corrected chi connectivity index (χ0v) is 22.5. The first-order chi connectivity index (χ1) is 18.0. The second-order valence-corrected chi connectivity index (χ2v) is 11.1. The fourth-order valence-corrected chi connectivity index (χ4v) is 4.93. The number of carboxylic acids is 1. The first-order valence-electron chi connectivity index (χ1n) is 13.1. The third-order valence-corrected chi connectivity index (χ3v) is 6.84. The fraction of sp³-hybridized carbons (Fsp3) is 0.630. The highest BCUT2D eigenvalue weighted by Crippen LogP contribution is 2.40. The first kappa shape index (κ1) is 27.7. The van der Waals surface area contributed by atoms with Crippen LogP contribution in [0.25, 0.3) is 0 Å². The lowest BCUT2D eigenvalue weighted by molar-refractivity contribution is -0.145. The Balaban J connectivity index is 1.60. The van der Waals surface area contributed by atoms with Crippen LogP contribution in [0.1, 0.15) is 46.5 Å². The van der Waals surface area contributed by atoms with Crippen LogP contribution in [0.15, 0.2) is 18.2 Å². The SMILES string of the molecule is COCCCN1C(=O)COc2ccc(N(C(=O)C3C[C@H](C(=O)O)CN(C(=O)OC(C)(C)C)C3)C3CC3)cc21. The summed E-state index contributed by atoms with van der Waals surface area (Å²) in [5, 5.41) is 9.76. The number of ether oxygens (including phenoxy) is 3. The molecule has 4 rings (SSSR count). The van der Waals surface area contributed by atoms with E-state index >= 15 is 0 Å². The predicted molar refractivity (Wildman–Crippen MR) is 138 cm³/mol. The van der Waals surface area contributed by atoms with Crippen molar-refractivity contribution in [2.45, 2.75) is 58.1 Å². The Morgan fingerprint density at radius 2 is 1.87 bits per heavy atom. The molecule has 3 aliphatic rings. The summed E-state index contributed by atoms with van der Waals surface area (Å²) in [6.07, 6.45) is 1.79. The maximum atomic E-state index is 14.0. The number of fused-ring (bicyclic) bond motifs is 1. The third-order valence-electron chi connectivity index (χ3n) is 6.84. The van der Waals surface area contributed by atoms with Crippen LogP contribution >= 0.6 is 0 Å². The minimum atomic E-state index is -1.05. The average molecular weight is 532 g/mol. The van der Waals surface area contributed by atoms with E-state index < -0.39 is 29.5 Å². The highest BCUT2D eigenvalue weighted by molar-refractivity contribution is 6.01. The number of carboxylic acid groups (broad SMARTS) is 1. The maximum absolute atomic E-state index is 14.0. The summed E-state index contributed by atoms with van der Waals surface area (Å²) in [4.78, 5) is 56.0. The van der Waals surface area contributed by atoms with Crippen LogP contribution in [0, 0.1) is 11.8 Å². The molecule has 1 aliphatic carbocycles. The van der Waals surface area contributed by atoms with Crippen molar-refractivity contribution in [1.82, 2.24) is 4.90 Å². The molecule has 1 unspecified atom stereocenters. The molecule has 11 heteroatoms.